The maximum absolute atomic E-state index is 13.2. The minimum absolute atomic E-state index is 0.187. The Bertz CT molecular complexity index is 1080. The second kappa shape index (κ2) is 7.09. The number of thiazole rings is 1. The van der Waals surface area contributed by atoms with Gasteiger partial charge in [-0.1, -0.05) is 35.1 Å². The maximum Gasteiger partial charge on any atom is 0.278 e. The first kappa shape index (κ1) is 17.6. The fraction of sp³-hybridized carbons (Fsp3) is 0.158. The van der Waals surface area contributed by atoms with E-state index in [4.69, 9.17) is 16.6 Å². The molecule has 1 amide bonds. The Morgan fingerprint density at radius 1 is 1.22 bits per heavy atom. The third kappa shape index (κ3) is 3.31. The Balaban J connectivity index is 1.82. The molecule has 3 heterocycles. The highest BCUT2D eigenvalue weighted by molar-refractivity contribution is 7.23. The van der Waals surface area contributed by atoms with Crippen LogP contribution in [0.25, 0.3) is 10.2 Å². The summed E-state index contributed by atoms with van der Waals surface area (Å²) >= 11 is 7.75. The molecule has 0 saturated heterocycles. The van der Waals surface area contributed by atoms with Gasteiger partial charge in [0.15, 0.2) is 5.13 Å². The van der Waals surface area contributed by atoms with Crippen molar-refractivity contribution in [3.8, 4) is 0 Å². The monoisotopic (exact) mass is 397 g/mol. The molecule has 0 aliphatic rings. The van der Waals surface area contributed by atoms with Crippen LogP contribution in [-0.4, -0.2) is 25.7 Å². The lowest BCUT2D eigenvalue weighted by molar-refractivity contribution is 0.0975. The SMILES string of the molecule is Cc1ccc(Cl)c2sc(N(Cc3ccccn3)C(=O)c3ccnn3C)nc12. The molecular formula is C19H16ClN5OS. The van der Waals surface area contributed by atoms with Crippen LogP contribution in [0.2, 0.25) is 5.02 Å². The van der Waals surface area contributed by atoms with Crippen molar-refractivity contribution < 1.29 is 4.79 Å². The number of rotatable bonds is 4. The lowest BCUT2D eigenvalue weighted by Gasteiger charge is -2.19. The summed E-state index contributed by atoms with van der Waals surface area (Å²) in [6, 6.07) is 11.1. The molecule has 4 aromatic rings. The highest BCUT2D eigenvalue weighted by atomic mass is 35.5. The van der Waals surface area contributed by atoms with E-state index < -0.39 is 0 Å². The van der Waals surface area contributed by atoms with Gasteiger partial charge in [0.2, 0.25) is 0 Å². The predicted octanol–water partition coefficient (Wildman–Crippen LogP) is 4.23. The van der Waals surface area contributed by atoms with Crippen LogP contribution in [-0.2, 0) is 13.6 Å². The first-order valence-electron chi connectivity index (χ1n) is 8.30. The summed E-state index contributed by atoms with van der Waals surface area (Å²) in [5, 5.41) is 5.32. The molecule has 0 aliphatic heterocycles. The summed E-state index contributed by atoms with van der Waals surface area (Å²) in [5.74, 6) is -0.187. The van der Waals surface area contributed by atoms with Crippen LogP contribution in [0.4, 0.5) is 5.13 Å². The molecule has 136 valence electrons. The van der Waals surface area contributed by atoms with Crippen molar-refractivity contribution in [2.45, 2.75) is 13.5 Å². The standard InChI is InChI=1S/C19H16ClN5OS/c1-12-6-7-14(20)17-16(12)23-19(27-17)25(11-13-5-3-4-9-21-13)18(26)15-8-10-22-24(15)2/h3-10H,11H2,1-2H3. The number of hydrogen-bond donors (Lipinski definition) is 0. The molecule has 0 saturated carbocycles. The van der Waals surface area contributed by atoms with E-state index in [0.717, 1.165) is 21.5 Å². The normalized spacial score (nSPS) is 11.1. The van der Waals surface area contributed by atoms with Crippen molar-refractivity contribution in [3.05, 3.63) is 70.8 Å². The van der Waals surface area contributed by atoms with Crippen LogP contribution >= 0.6 is 22.9 Å². The molecule has 3 aromatic heterocycles. The van der Waals surface area contributed by atoms with Gasteiger partial charge in [-0.25, -0.2) is 4.98 Å². The number of halogens is 1. The summed E-state index contributed by atoms with van der Waals surface area (Å²) < 4.78 is 2.43. The molecule has 0 N–H and O–H groups in total. The van der Waals surface area contributed by atoms with E-state index in [0.29, 0.717) is 22.4 Å². The molecule has 4 rings (SSSR count). The van der Waals surface area contributed by atoms with Gasteiger partial charge in [0.25, 0.3) is 5.91 Å². The Hall–Kier alpha value is -2.77. The van der Waals surface area contributed by atoms with Crippen LogP contribution < -0.4 is 4.90 Å². The van der Waals surface area contributed by atoms with E-state index in [-0.39, 0.29) is 5.91 Å². The Labute approximate surface area is 165 Å². The van der Waals surface area contributed by atoms with Gasteiger partial charge >= 0.3 is 0 Å². The first-order valence-corrected chi connectivity index (χ1v) is 9.49. The molecular weight excluding hydrogens is 382 g/mol. The molecule has 0 bridgehead atoms. The Morgan fingerprint density at radius 3 is 2.74 bits per heavy atom. The number of fused-ring (bicyclic) bond motifs is 1. The van der Waals surface area contributed by atoms with Crippen molar-refractivity contribution >= 4 is 44.2 Å². The van der Waals surface area contributed by atoms with Gasteiger partial charge in [-0.3, -0.25) is 19.4 Å². The minimum Gasteiger partial charge on any atom is -0.277 e. The number of anilines is 1. The first-order chi connectivity index (χ1) is 13.0. The summed E-state index contributed by atoms with van der Waals surface area (Å²) in [5.41, 5.74) is 3.08. The predicted molar refractivity (Wildman–Crippen MR) is 107 cm³/mol. The van der Waals surface area contributed by atoms with E-state index in [1.54, 1.807) is 35.1 Å². The second-order valence-corrected chi connectivity index (χ2v) is 7.48. The van der Waals surface area contributed by atoms with Crippen molar-refractivity contribution in [3.63, 3.8) is 0 Å². The molecule has 0 aliphatic carbocycles. The van der Waals surface area contributed by atoms with E-state index in [9.17, 15) is 4.79 Å². The fourth-order valence-electron chi connectivity index (χ4n) is 2.81. The summed E-state index contributed by atoms with van der Waals surface area (Å²) in [4.78, 5) is 23.9. The molecule has 0 fully saturated rings. The Morgan fingerprint density at radius 2 is 2.07 bits per heavy atom. The van der Waals surface area contributed by atoms with Crippen LogP contribution in [0.15, 0.2) is 48.8 Å². The molecule has 0 unspecified atom stereocenters. The fourth-order valence-corrected chi connectivity index (χ4v) is 4.12. The van der Waals surface area contributed by atoms with Crippen molar-refractivity contribution in [2.24, 2.45) is 7.05 Å². The summed E-state index contributed by atoms with van der Waals surface area (Å²) in [6.45, 7) is 2.29. The summed E-state index contributed by atoms with van der Waals surface area (Å²) in [6.07, 6.45) is 3.31. The number of aromatic nitrogens is 4. The number of amides is 1. The quantitative estimate of drug-likeness (QED) is 0.516. The zero-order valence-electron chi connectivity index (χ0n) is 14.8. The van der Waals surface area contributed by atoms with Gasteiger partial charge in [0.05, 0.1) is 27.5 Å². The van der Waals surface area contributed by atoms with Crippen LogP contribution in [0.1, 0.15) is 21.7 Å². The minimum atomic E-state index is -0.187. The number of hydrogen-bond acceptors (Lipinski definition) is 5. The number of aryl methyl sites for hydroxylation is 2. The van der Waals surface area contributed by atoms with E-state index >= 15 is 0 Å². The van der Waals surface area contributed by atoms with Gasteiger partial charge in [-0.2, -0.15) is 5.10 Å². The number of pyridine rings is 1. The lowest BCUT2D eigenvalue weighted by Crippen LogP contribution is -2.32. The molecule has 8 heteroatoms. The number of carbonyl (C=O) groups excluding carboxylic acids is 1. The van der Waals surface area contributed by atoms with Gasteiger partial charge in [0, 0.05) is 19.4 Å². The van der Waals surface area contributed by atoms with Crippen LogP contribution in [0.5, 0.6) is 0 Å². The molecule has 6 nitrogen and oxygen atoms in total. The van der Waals surface area contributed by atoms with Gasteiger partial charge in [0.1, 0.15) is 5.69 Å². The topological polar surface area (TPSA) is 63.9 Å². The van der Waals surface area contributed by atoms with Crippen molar-refractivity contribution in [1.82, 2.24) is 19.7 Å². The third-order valence-corrected chi connectivity index (χ3v) is 5.79. The van der Waals surface area contributed by atoms with Crippen LogP contribution in [0, 0.1) is 6.92 Å². The average molecular weight is 398 g/mol. The lowest BCUT2D eigenvalue weighted by atomic mass is 10.2. The van der Waals surface area contributed by atoms with Crippen molar-refractivity contribution in [1.29, 1.82) is 0 Å². The Kier molecular flexibility index (Phi) is 4.63. The van der Waals surface area contributed by atoms with E-state index in [1.807, 2.05) is 37.3 Å². The zero-order chi connectivity index (χ0) is 19.0. The smallest absolute Gasteiger partial charge is 0.277 e. The van der Waals surface area contributed by atoms with Gasteiger partial charge < -0.3 is 0 Å². The van der Waals surface area contributed by atoms with E-state index in [2.05, 4.69) is 10.1 Å². The molecule has 1 aromatic carbocycles. The average Bonchev–Trinajstić information content (AvgIpc) is 3.30. The number of nitrogens with zero attached hydrogens (tertiary/aromatic N) is 5. The molecule has 0 radical (unpaired) electrons. The largest absolute Gasteiger partial charge is 0.278 e. The van der Waals surface area contributed by atoms with E-state index in [1.165, 1.54) is 11.3 Å². The highest BCUT2D eigenvalue weighted by Crippen LogP contribution is 2.36. The maximum atomic E-state index is 13.2. The molecule has 0 spiro atoms. The second-order valence-electron chi connectivity index (χ2n) is 6.09. The van der Waals surface area contributed by atoms with Crippen LogP contribution in [0.3, 0.4) is 0 Å². The van der Waals surface area contributed by atoms with Crippen molar-refractivity contribution in [2.75, 3.05) is 4.90 Å². The molecule has 27 heavy (non-hydrogen) atoms. The highest BCUT2D eigenvalue weighted by Gasteiger charge is 2.25. The van der Waals surface area contributed by atoms with Gasteiger partial charge in [-0.05, 0) is 36.8 Å². The molecule has 0 atom stereocenters. The van der Waals surface area contributed by atoms with Gasteiger partial charge in [-0.15, -0.1) is 0 Å². The zero-order valence-corrected chi connectivity index (χ0v) is 16.3. The third-order valence-electron chi connectivity index (χ3n) is 4.25. The number of carbonyl (C=O) groups is 1. The number of benzene rings is 1. The summed E-state index contributed by atoms with van der Waals surface area (Å²) in [7, 11) is 1.74.